The molecule has 0 spiro atoms. The molecule has 0 bridgehead atoms. The molecule has 0 aliphatic carbocycles. The minimum absolute atomic E-state index is 0.0134. The van der Waals surface area contributed by atoms with Crippen LogP contribution in [-0.4, -0.2) is 26.7 Å². The molecule has 0 aliphatic heterocycles. The predicted molar refractivity (Wildman–Crippen MR) is 92.9 cm³/mol. The molecule has 124 valence electrons. The third-order valence-electron chi connectivity index (χ3n) is 3.73. The van der Waals surface area contributed by atoms with E-state index in [0.29, 0.717) is 27.5 Å². The minimum Gasteiger partial charge on any atom is -0.396 e. The third-order valence-corrected chi connectivity index (χ3v) is 4.47. The van der Waals surface area contributed by atoms with Gasteiger partial charge < -0.3 is 15.0 Å². The zero-order valence-electron chi connectivity index (χ0n) is 13.1. The van der Waals surface area contributed by atoms with Crippen LogP contribution in [0.4, 0.5) is 11.4 Å². The van der Waals surface area contributed by atoms with Crippen LogP contribution in [0, 0.1) is 10.1 Å². The van der Waals surface area contributed by atoms with Gasteiger partial charge in [-0.1, -0.05) is 0 Å². The Kier molecular flexibility index (Phi) is 4.76. The van der Waals surface area contributed by atoms with Crippen molar-refractivity contribution in [2.45, 2.75) is 25.8 Å². The Labute approximate surface area is 141 Å². The summed E-state index contributed by atoms with van der Waals surface area (Å²) in [6, 6.07) is 4.38. The number of aryl methyl sites for hydroxylation is 1. The second-order valence-corrected chi connectivity index (χ2v) is 6.79. The van der Waals surface area contributed by atoms with Crippen molar-refractivity contribution in [1.29, 1.82) is 0 Å². The van der Waals surface area contributed by atoms with Crippen molar-refractivity contribution < 1.29 is 10.0 Å². The molecule has 0 saturated carbocycles. The van der Waals surface area contributed by atoms with Gasteiger partial charge in [-0.2, -0.15) is 0 Å². The molecule has 8 heteroatoms. The summed E-state index contributed by atoms with van der Waals surface area (Å²) < 4.78 is 1.74. The van der Waals surface area contributed by atoms with Crippen LogP contribution in [0.25, 0.3) is 10.9 Å². The number of nitro benzene ring substituents is 1. The first-order valence-electron chi connectivity index (χ1n) is 7.03. The molecule has 1 aromatic heterocycles. The maximum atomic E-state index is 12.4. The maximum Gasteiger partial charge on any atom is 0.270 e. The molecule has 0 saturated heterocycles. The molecular formula is C15H18BrN3O4. The standard InChI is InChI=1S/C15H18BrN3O4/c1-15(2,6-7-20)17-13-10-8-9(19(22)23)4-5-11(10)18(3)14(21)12(13)16/h4-5,8,17,20H,6-7H2,1-3H3. The highest BCUT2D eigenvalue weighted by Crippen LogP contribution is 2.33. The fourth-order valence-corrected chi connectivity index (χ4v) is 2.99. The van der Waals surface area contributed by atoms with Gasteiger partial charge >= 0.3 is 0 Å². The normalized spacial score (nSPS) is 11.7. The molecule has 0 radical (unpaired) electrons. The number of hydrogen-bond acceptors (Lipinski definition) is 5. The number of nitrogens with zero attached hydrogens (tertiary/aromatic N) is 2. The molecule has 1 heterocycles. The number of nitrogens with one attached hydrogen (secondary N) is 1. The summed E-state index contributed by atoms with van der Waals surface area (Å²) in [5.41, 5.74) is 0.303. The first kappa shape index (κ1) is 17.4. The van der Waals surface area contributed by atoms with Gasteiger partial charge in [0, 0.05) is 36.7 Å². The van der Waals surface area contributed by atoms with E-state index in [1.807, 2.05) is 13.8 Å². The van der Waals surface area contributed by atoms with Crippen molar-refractivity contribution >= 4 is 38.2 Å². The zero-order valence-corrected chi connectivity index (χ0v) is 14.7. The number of halogens is 1. The van der Waals surface area contributed by atoms with Gasteiger partial charge in [-0.05, 0) is 42.3 Å². The Bertz CT molecular complexity index is 830. The lowest BCUT2D eigenvalue weighted by molar-refractivity contribution is -0.384. The molecule has 0 fully saturated rings. The Morgan fingerprint density at radius 1 is 1.43 bits per heavy atom. The molecule has 0 atom stereocenters. The zero-order chi connectivity index (χ0) is 17.4. The highest BCUT2D eigenvalue weighted by atomic mass is 79.9. The summed E-state index contributed by atoms with van der Waals surface area (Å²) in [7, 11) is 1.61. The number of pyridine rings is 1. The molecule has 2 N–H and O–H groups in total. The van der Waals surface area contributed by atoms with Gasteiger partial charge in [0.1, 0.15) is 4.47 Å². The molecule has 1 aromatic carbocycles. The van der Waals surface area contributed by atoms with Gasteiger partial charge in [0.15, 0.2) is 0 Å². The molecule has 2 aromatic rings. The number of non-ortho nitro benzene ring substituents is 1. The van der Waals surface area contributed by atoms with Crippen LogP contribution in [0.15, 0.2) is 27.5 Å². The Hall–Kier alpha value is -1.93. The third kappa shape index (κ3) is 3.37. The number of rotatable bonds is 5. The predicted octanol–water partition coefficient (Wildman–Crippen LogP) is 2.78. The lowest BCUT2D eigenvalue weighted by Crippen LogP contribution is -2.33. The second-order valence-electron chi connectivity index (χ2n) is 5.99. The van der Waals surface area contributed by atoms with E-state index < -0.39 is 10.5 Å². The van der Waals surface area contributed by atoms with Gasteiger partial charge in [-0.25, -0.2) is 0 Å². The van der Waals surface area contributed by atoms with E-state index in [1.54, 1.807) is 13.1 Å². The number of benzene rings is 1. The molecule has 0 aliphatic rings. The first-order chi connectivity index (χ1) is 10.7. The number of hydrogen-bond donors (Lipinski definition) is 2. The van der Waals surface area contributed by atoms with Crippen LogP contribution in [0.3, 0.4) is 0 Å². The number of aromatic nitrogens is 1. The van der Waals surface area contributed by atoms with Gasteiger partial charge in [0.05, 0.1) is 16.1 Å². The Morgan fingerprint density at radius 2 is 2.09 bits per heavy atom. The Morgan fingerprint density at radius 3 is 2.65 bits per heavy atom. The molecule has 0 amide bonds. The van der Waals surface area contributed by atoms with Crippen molar-refractivity contribution in [1.82, 2.24) is 4.57 Å². The average molecular weight is 384 g/mol. The van der Waals surface area contributed by atoms with Crippen LogP contribution in [0.1, 0.15) is 20.3 Å². The summed E-state index contributed by atoms with van der Waals surface area (Å²) in [5, 5.41) is 24.0. The quantitative estimate of drug-likeness (QED) is 0.610. The molecule has 7 nitrogen and oxygen atoms in total. The van der Waals surface area contributed by atoms with E-state index in [9.17, 15) is 20.0 Å². The van der Waals surface area contributed by atoms with Crippen molar-refractivity contribution in [2.24, 2.45) is 7.05 Å². The van der Waals surface area contributed by atoms with E-state index in [2.05, 4.69) is 21.2 Å². The van der Waals surface area contributed by atoms with Gasteiger partial charge in [-0.15, -0.1) is 0 Å². The monoisotopic (exact) mass is 383 g/mol. The highest BCUT2D eigenvalue weighted by molar-refractivity contribution is 9.10. The van der Waals surface area contributed by atoms with Crippen LogP contribution in [0.2, 0.25) is 0 Å². The fraction of sp³-hybridized carbons (Fsp3) is 0.400. The van der Waals surface area contributed by atoms with E-state index >= 15 is 0 Å². The number of aliphatic hydroxyl groups is 1. The van der Waals surface area contributed by atoms with Gasteiger partial charge in [-0.3, -0.25) is 14.9 Å². The Balaban J connectivity index is 2.77. The molecule has 2 rings (SSSR count). The van der Waals surface area contributed by atoms with Crippen molar-refractivity contribution in [2.75, 3.05) is 11.9 Å². The largest absolute Gasteiger partial charge is 0.396 e. The molecule has 23 heavy (non-hydrogen) atoms. The summed E-state index contributed by atoms with van der Waals surface area (Å²) in [6.45, 7) is 3.76. The highest BCUT2D eigenvalue weighted by Gasteiger charge is 2.23. The summed E-state index contributed by atoms with van der Waals surface area (Å²) in [6.07, 6.45) is 0.463. The van der Waals surface area contributed by atoms with Gasteiger partial charge in [0.2, 0.25) is 0 Å². The number of aliphatic hydroxyl groups excluding tert-OH is 1. The smallest absolute Gasteiger partial charge is 0.270 e. The summed E-state index contributed by atoms with van der Waals surface area (Å²) in [4.78, 5) is 22.9. The van der Waals surface area contributed by atoms with E-state index in [-0.39, 0.29) is 17.9 Å². The van der Waals surface area contributed by atoms with E-state index in [0.717, 1.165) is 0 Å². The molecule has 0 unspecified atom stereocenters. The summed E-state index contributed by atoms with van der Waals surface area (Å²) in [5.74, 6) is 0. The maximum absolute atomic E-state index is 12.4. The summed E-state index contributed by atoms with van der Waals surface area (Å²) >= 11 is 3.29. The molecular weight excluding hydrogens is 366 g/mol. The van der Waals surface area contributed by atoms with Crippen LogP contribution in [-0.2, 0) is 7.05 Å². The van der Waals surface area contributed by atoms with Crippen molar-refractivity contribution in [3.05, 3.63) is 43.1 Å². The van der Waals surface area contributed by atoms with Crippen LogP contribution in [0.5, 0.6) is 0 Å². The average Bonchev–Trinajstić information content (AvgIpc) is 2.48. The van der Waals surface area contributed by atoms with Crippen LogP contribution >= 0.6 is 15.9 Å². The second kappa shape index (κ2) is 6.29. The SMILES string of the molecule is Cn1c(=O)c(Br)c(NC(C)(C)CCO)c2cc([N+](=O)[O-])ccc21. The van der Waals surface area contributed by atoms with E-state index in [4.69, 9.17) is 0 Å². The van der Waals surface area contributed by atoms with Crippen LogP contribution < -0.4 is 10.9 Å². The number of nitro groups is 1. The number of fused-ring (bicyclic) bond motifs is 1. The minimum atomic E-state index is -0.485. The van der Waals surface area contributed by atoms with Gasteiger partial charge in [0.25, 0.3) is 11.2 Å². The number of anilines is 1. The topological polar surface area (TPSA) is 97.4 Å². The van der Waals surface area contributed by atoms with Crippen molar-refractivity contribution in [3.63, 3.8) is 0 Å². The van der Waals surface area contributed by atoms with Crippen molar-refractivity contribution in [3.8, 4) is 0 Å². The fourth-order valence-electron chi connectivity index (χ4n) is 2.41. The first-order valence-corrected chi connectivity index (χ1v) is 7.83. The lowest BCUT2D eigenvalue weighted by Gasteiger charge is -2.28. The lowest BCUT2D eigenvalue weighted by atomic mass is 10.00. The van der Waals surface area contributed by atoms with E-state index in [1.165, 1.54) is 16.7 Å².